The molecule has 2 aliphatic heterocycles. The lowest BCUT2D eigenvalue weighted by molar-refractivity contribution is -0.159. The Bertz CT molecular complexity index is 4040. The molecule has 0 fully saturated rings. The highest BCUT2D eigenvalue weighted by Crippen LogP contribution is 2.39. The Morgan fingerprint density at radius 2 is 1.63 bits per heavy atom. The van der Waals surface area contributed by atoms with Crippen LogP contribution in [0.5, 0.6) is 0 Å². The van der Waals surface area contributed by atoms with E-state index in [1.807, 2.05) is 24.3 Å². The molecule has 0 spiro atoms. The molecule has 10 N–H and O–H groups in total. The maximum atomic E-state index is 14.2. The zero-order valence-electron chi connectivity index (χ0n) is 54.4. The van der Waals surface area contributed by atoms with Crippen LogP contribution >= 0.6 is 0 Å². The fraction of sp³-hybridized carbons (Fsp3) is 0.469. The van der Waals surface area contributed by atoms with E-state index in [4.69, 9.17) is 46.0 Å². The zero-order valence-corrected chi connectivity index (χ0v) is 56.1. The number of sulfone groups is 1. The Hall–Kier alpha value is -8.90. The molecule has 4 amide bonds. The van der Waals surface area contributed by atoms with E-state index in [1.54, 1.807) is 71.9 Å². The number of hydrogen-bond donors (Lipinski definition) is 7. The van der Waals surface area contributed by atoms with Crippen molar-refractivity contribution >= 4 is 72.2 Å². The van der Waals surface area contributed by atoms with Gasteiger partial charge in [-0.1, -0.05) is 42.2 Å². The molecule has 0 aliphatic carbocycles. The Morgan fingerprint density at radius 3 is 2.32 bits per heavy atom. The number of benzene rings is 2. The van der Waals surface area contributed by atoms with Crippen molar-refractivity contribution in [2.45, 2.75) is 141 Å². The Balaban J connectivity index is 0.833. The fourth-order valence-corrected chi connectivity index (χ4v) is 12.1. The highest BCUT2D eigenvalue weighted by atomic mass is 32.2. The predicted molar refractivity (Wildman–Crippen MR) is 350 cm³/mol. The summed E-state index contributed by atoms with van der Waals surface area (Å²) in [6.45, 7) is 9.86. The van der Waals surface area contributed by atoms with Gasteiger partial charge in [0.1, 0.15) is 32.5 Å². The van der Waals surface area contributed by atoms with Crippen LogP contribution in [0, 0.1) is 11.8 Å². The maximum Gasteiger partial charge on any atom is 0.509 e. The number of cyclic esters (lactones) is 1. The minimum atomic E-state index is -3.54. The van der Waals surface area contributed by atoms with Crippen molar-refractivity contribution in [3.05, 3.63) is 123 Å². The Labute approximate surface area is 551 Å². The van der Waals surface area contributed by atoms with Crippen LogP contribution in [0.2, 0.25) is 0 Å². The van der Waals surface area contributed by atoms with E-state index in [-0.39, 0.29) is 92.8 Å². The molecule has 29 nitrogen and oxygen atoms in total. The smallest absolute Gasteiger partial charge is 0.458 e. The molecule has 5 aromatic rings. The third-order valence-electron chi connectivity index (χ3n) is 15.0. The quantitative estimate of drug-likeness (QED) is 0.00797. The highest BCUT2D eigenvalue weighted by molar-refractivity contribution is 7.90. The SMILES string of the molecule is CC(C)N(CCc1c2c(nc3ccccc13)-c1cc3c(c(=O)n1C2)COC(=O)[C@H]3OC(=O)OCc1ccc(NC(=O)[C@H](CCCCN)NC(=O)COCC(=O)NC(C)(C)COC(C)(C)CN(N)/C=C(\N)CNC(=O)CCCC#Cc2cnc(S(C)(=O)=O)nc2)cc1)S(C)(=O)=O. The van der Waals surface area contributed by atoms with Crippen LogP contribution in [0.4, 0.5) is 10.5 Å². The van der Waals surface area contributed by atoms with Gasteiger partial charge in [0.2, 0.25) is 54.7 Å². The molecule has 95 heavy (non-hydrogen) atoms. The topological polar surface area (TPSA) is 410 Å². The average molecular weight is 1350 g/mol. The van der Waals surface area contributed by atoms with Gasteiger partial charge in [0.15, 0.2) is 0 Å². The number of carbonyl (C=O) groups is 6. The van der Waals surface area contributed by atoms with Gasteiger partial charge in [-0.25, -0.2) is 47.2 Å². The first kappa shape index (κ1) is 73.5. The number of nitrogens with zero attached hydrogens (tertiary/aromatic N) is 6. The van der Waals surface area contributed by atoms with E-state index in [9.17, 15) is 50.4 Å². The van der Waals surface area contributed by atoms with Gasteiger partial charge in [0.05, 0.1) is 71.7 Å². The fourth-order valence-electron chi connectivity index (χ4n) is 10.5. The predicted octanol–water partition coefficient (Wildman–Crippen LogP) is 2.86. The van der Waals surface area contributed by atoms with Crippen molar-refractivity contribution in [3.63, 3.8) is 0 Å². The van der Waals surface area contributed by atoms with Gasteiger partial charge in [-0.3, -0.25) is 24.0 Å². The summed E-state index contributed by atoms with van der Waals surface area (Å²) >= 11 is 0. The number of aromatic nitrogens is 4. The van der Waals surface area contributed by atoms with E-state index < -0.39 is 91.8 Å². The third-order valence-corrected chi connectivity index (χ3v) is 17.3. The zero-order chi connectivity index (χ0) is 69.4. The van der Waals surface area contributed by atoms with Crippen molar-refractivity contribution in [1.29, 1.82) is 0 Å². The van der Waals surface area contributed by atoms with Crippen LogP contribution in [0.1, 0.15) is 120 Å². The average Bonchev–Trinajstić information content (AvgIpc) is 1.60. The Morgan fingerprint density at radius 1 is 0.926 bits per heavy atom. The van der Waals surface area contributed by atoms with Gasteiger partial charge in [-0.05, 0) is 116 Å². The molecule has 2 atom stereocenters. The number of esters is 1. The normalized spacial score (nSPS) is 14.2. The number of carbonyl (C=O) groups excluding carboxylic acids is 6. The van der Waals surface area contributed by atoms with Crippen LogP contribution < -0.4 is 44.1 Å². The molecule has 2 aliphatic rings. The van der Waals surface area contributed by atoms with E-state index in [0.717, 1.165) is 22.8 Å². The van der Waals surface area contributed by atoms with E-state index in [0.29, 0.717) is 72.4 Å². The number of hydrazine groups is 1. The molecule has 0 radical (unpaired) electrons. The monoisotopic (exact) mass is 1350 g/mol. The number of pyridine rings is 2. The molecular weight excluding hydrogens is 1270 g/mol. The summed E-state index contributed by atoms with van der Waals surface area (Å²) in [5.41, 5.74) is 14.4. The highest BCUT2D eigenvalue weighted by Gasteiger charge is 2.39. The number of anilines is 1. The van der Waals surface area contributed by atoms with Crippen LogP contribution in [0.15, 0.2) is 88.8 Å². The molecule has 512 valence electrons. The van der Waals surface area contributed by atoms with Crippen molar-refractivity contribution in [2.24, 2.45) is 17.3 Å². The van der Waals surface area contributed by atoms with Crippen molar-refractivity contribution in [3.8, 4) is 23.2 Å². The van der Waals surface area contributed by atoms with Gasteiger partial charge in [-0.15, -0.1) is 0 Å². The number of hydrogen-bond acceptors (Lipinski definition) is 23. The number of sulfonamides is 1. The lowest BCUT2D eigenvalue weighted by Crippen LogP contribution is -2.51. The van der Waals surface area contributed by atoms with Crippen LogP contribution in [-0.4, -0.2) is 163 Å². The van der Waals surface area contributed by atoms with Crippen molar-refractivity contribution < 1.29 is 69.3 Å². The second-order valence-corrected chi connectivity index (χ2v) is 28.4. The lowest BCUT2D eigenvalue weighted by atomic mass is 9.97. The molecule has 31 heteroatoms. The standard InChI is InChI=1S/C64H83N13O16S2/c1-40(2)77(95(8,87)88)27-25-45-46-17-12-13-18-50(46)73-56-48(45)33-76-52(56)28-47-49(59(76)82)35-90-60(83)57(47)93-62(84)91-34-41-21-23-44(24-22-41)71-58(81)51(19-14-15-26-65)72-54(79)36-89-37-55(80)74-63(3,4)39-92-64(5,6)38-75(67)32-43(66)31-68-53(78)20-11-9-10-16-42-29-69-61(70-30-42)94(7,85)86/h12-13,17-18,21-24,28-30,32,40,51,57H,9,11,14-15,19-20,25-27,31,33-39,65-67H2,1-8H3,(H,68,78)(H,71,81)(H,72,79)(H,74,80)/b43-32-/t51-,57-/m0/s1. The molecule has 3 aromatic heterocycles. The maximum absolute atomic E-state index is 14.2. The minimum absolute atomic E-state index is 0.0344. The summed E-state index contributed by atoms with van der Waals surface area (Å²) < 4.78 is 79.2. The Kier molecular flexibility index (Phi) is 25.1. The van der Waals surface area contributed by atoms with E-state index in [2.05, 4.69) is 43.1 Å². The van der Waals surface area contributed by atoms with E-state index >= 15 is 0 Å². The molecule has 5 heterocycles. The molecule has 2 aromatic carbocycles. The first-order valence-electron chi connectivity index (χ1n) is 30.6. The van der Waals surface area contributed by atoms with Gasteiger partial charge >= 0.3 is 12.1 Å². The van der Waals surface area contributed by atoms with Crippen LogP contribution in [0.3, 0.4) is 0 Å². The number of rotatable bonds is 32. The second-order valence-electron chi connectivity index (χ2n) is 24.6. The number of amides is 4. The van der Waals surface area contributed by atoms with Gasteiger partial charge in [-0.2, -0.15) is 4.31 Å². The minimum Gasteiger partial charge on any atom is -0.458 e. The second kappa shape index (κ2) is 32.5. The summed E-state index contributed by atoms with van der Waals surface area (Å²) in [6.07, 6.45) is 6.09. The summed E-state index contributed by atoms with van der Waals surface area (Å²) in [5, 5.41) is 12.8. The third kappa shape index (κ3) is 21.3. The molecule has 0 bridgehead atoms. The summed E-state index contributed by atoms with van der Waals surface area (Å²) in [6, 6.07) is 13.9. The summed E-state index contributed by atoms with van der Waals surface area (Å²) in [5.74, 6) is 9.04. The number of nitrogens with one attached hydrogen (secondary N) is 4. The number of para-hydroxylation sites is 1. The summed E-state index contributed by atoms with van der Waals surface area (Å²) in [7, 11) is -7.05. The van der Waals surface area contributed by atoms with Gasteiger partial charge < -0.3 is 66.0 Å². The molecule has 0 unspecified atom stereocenters. The largest absolute Gasteiger partial charge is 0.509 e. The molecule has 0 saturated heterocycles. The van der Waals surface area contributed by atoms with Crippen molar-refractivity contribution in [1.82, 2.24) is 44.8 Å². The number of fused-ring (bicyclic) bond motifs is 5. The van der Waals surface area contributed by atoms with Gasteiger partial charge in [0.25, 0.3) is 5.56 Å². The van der Waals surface area contributed by atoms with E-state index in [1.165, 1.54) is 38.7 Å². The molecule has 0 saturated carbocycles. The first-order chi connectivity index (χ1) is 44.8. The van der Waals surface area contributed by atoms with Crippen LogP contribution in [-0.2, 0) is 93.7 Å². The van der Waals surface area contributed by atoms with Gasteiger partial charge in [0, 0.05) is 78.2 Å². The number of ether oxygens (including phenoxy) is 5. The molecule has 7 rings (SSSR count). The summed E-state index contributed by atoms with van der Waals surface area (Å²) in [4.78, 5) is 105. The number of unbranched alkanes of at least 4 members (excludes halogenated alkanes) is 2. The van der Waals surface area contributed by atoms with Crippen LogP contribution in [0.25, 0.3) is 22.3 Å². The number of nitrogens with two attached hydrogens (primary N) is 3. The first-order valence-corrected chi connectivity index (χ1v) is 34.4. The lowest BCUT2D eigenvalue weighted by Gasteiger charge is -2.34. The molecular formula is C64H83N13O16S2. The van der Waals surface area contributed by atoms with Crippen molar-refractivity contribution in [2.75, 3.05) is 63.8 Å².